The Morgan fingerprint density at radius 1 is 0.577 bits per heavy atom. The predicted molar refractivity (Wildman–Crippen MR) is 101 cm³/mol. The Hall–Kier alpha value is -0.845. The van der Waals surface area contributed by atoms with E-state index >= 15 is 0 Å². The Morgan fingerprint density at radius 2 is 0.923 bits per heavy atom. The molecule has 4 aromatic carbocycles. The molecule has 0 saturated carbocycles. The summed E-state index contributed by atoms with van der Waals surface area (Å²) in [5, 5.41) is 29.2. The summed E-state index contributed by atoms with van der Waals surface area (Å²) in [6.45, 7) is 0. The zero-order valence-corrected chi connectivity index (χ0v) is 17.5. The van der Waals surface area contributed by atoms with Crippen molar-refractivity contribution < 1.29 is 47.9 Å². The molecule has 4 aromatic rings. The molecule has 4 rings (SSSR count). The maximum absolute atomic E-state index is 12.9. The molecule has 0 aliphatic heterocycles. The molecular formula is C20H10Br2Li2O2. The Bertz CT molecular complexity index is 1020. The summed E-state index contributed by atoms with van der Waals surface area (Å²) in [6, 6.07) is 18.8. The van der Waals surface area contributed by atoms with E-state index in [0.717, 1.165) is 21.5 Å². The van der Waals surface area contributed by atoms with Gasteiger partial charge >= 0.3 is 37.7 Å². The Labute approximate surface area is 192 Å². The number of rotatable bonds is 1. The summed E-state index contributed by atoms with van der Waals surface area (Å²) in [5.41, 5.74) is 0.893. The number of fused-ring (bicyclic) bond motifs is 2. The average molecular weight is 456 g/mol. The number of benzene rings is 4. The van der Waals surface area contributed by atoms with Crippen LogP contribution in [0.3, 0.4) is 0 Å². The topological polar surface area (TPSA) is 46.1 Å². The number of halogens is 2. The summed E-state index contributed by atoms with van der Waals surface area (Å²) in [7, 11) is 0. The van der Waals surface area contributed by atoms with Gasteiger partial charge in [0.2, 0.25) is 0 Å². The van der Waals surface area contributed by atoms with Gasteiger partial charge in [0.05, 0.1) is 0 Å². The van der Waals surface area contributed by atoms with Crippen molar-refractivity contribution in [3.05, 3.63) is 69.6 Å². The van der Waals surface area contributed by atoms with E-state index in [1.54, 1.807) is 12.1 Å². The van der Waals surface area contributed by atoms with Gasteiger partial charge in [-0.25, -0.2) is 0 Å². The van der Waals surface area contributed by atoms with Crippen molar-refractivity contribution in [1.29, 1.82) is 0 Å². The third-order valence-electron chi connectivity index (χ3n) is 4.16. The van der Waals surface area contributed by atoms with Crippen LogP contribution in [0.2, 0.25) is 0 Å². The fourth-order valence-electron chi connectivity index (χ4n) is 3.09. The van der Waals surface area contributed by atoms with Crippen LogP contribution in [0.5, 0.6) is 11.5 Å². The molecule has 0 radical (unpaired) electrons. The van der Waals surface area contributed by atoms with Gasteiger partial charge in [-0.05, 0) is 44.8 Å². The molecule has 0 heterocycles. The summed E-state index contributed by atoms with van der Waals surface area (Å²) < 4.78 is 0.916. The van der Waals surface area contributed by atoms with Crippen molar-refractivity contribution in [3.63, 3.8) is 0 Å². The molecule has 6 heteroatoms. The molecule has 0 aliphatic carbocycles. The van der Waals surface area contributed by atoms with E-state index in [1.165, 1.54) is 0 Å². The van der Waals surface area contributed by atoms with Crippen LogP contribution in [0.1, 0.15) is 0 Å². The van der Waals surface area contributed by atoms with Crippen LogP contribution in [-0.2, 0) is 0 Å². The minimum atomic E-state index is -0.172. The van der Waals surface area contributed by atoms with E-state index in [0.29, 0.717) is 20.1 Å². The predicted octanol–water partition coefficient (Wildman–Crippen LogP) is -0.660. The van der Waals surface area contributed by atoms with E-state index < -0.39 is 0 Å². The zero-order valence-electron chi connectivity index (χ0n) is 14.3. The second kappa shape index (κ2) is 8.45. The van der Waals surface area contributed by atoms with Crippen LogP contribution in [0, 0.1) is 0 Å². The maximum atomic E-state index is 12.9. The van der Waals surface area contributed by atoms with E-state index in [4.69, 9.17) is 0 Å². The quantitative estimate of drug-likeness (QED) is 0.358. The first-order valence-corrected chi connectivity index (χ1v) is 8.93. The molecule has 0 N–H and O–H groups in total. The number of hydrogen-bond acceptors (Lipinski definition) is 2. The SMILES string of the molecule is [Li+].[Li+].[O-]c1c(Br)cc2ccccc2c1-c1c([O-])c(Br)cc2ccccc12. The first-order chi connectivity index (χ1) is 11.6. The van der Waals surface area contributed by atoms with Crippen molar-refractivity contribution in [1.82, 2.24) is 0 Å². The van der Waals surface area contributed by atoms with Gasteiger partial charge in [0, 0.05) is 8.95 Å². The van der Waals surface area contributed by atoms with Gasteiger partial charge in [-0.3, -0.25) is 0 Å². The molecule has 0 bridgehead atoms. The van der Waals surface area contributed by atoms with Crippen LogP contribution in [-0.4, -0.2) is 0 Å². The fraction of sp³-hybridized carbons (Fsp3) is 0. The van der Waals surface area contributed by atoms with Crippen molar-refractivity contribution in [2.24, 2.45) is 0 Å². The van der Waals surface area contributed by atoms with Gasteiger partial charge in [0.25, 0.3) is 0 Å². The van der Waals surface area contributed by atoms with Gasteiger partial charge in [0.15, 0.2) is 0 Å². The van der Waals surface area contributed by atoms with Crippen molar-refractivity contribution in [2.45, 2.75) is 0 Å². The van der Waals surface area contributed by atoms with Crippen molar-refractivity contribution >= 4 is 53.4 Å². The molecule has 0 spiro atoms. The minimum Gasteiger partial charge on any atom is -0.871 e. The summed E-state index contributed by atoms with van der Waals surface area (Å²) >= 11 is 6.69. The molecule has 0 unspecified atom stereocenters. The normalized spacial score (nSPS) is 10.4. The van der Waals surface area contributed by atoms with Gasteiger partial charge in [0.1, 0.15) is 0 Å². The third kappa shape index (κ3) is 3.48. The van der Waals surface area contributed by atoms with Gasteiger partial charge in [-0.2, -0.15) is 0 Å². The molecular weight excluding hydrogens is 446 g/mol. The average Bonchev–Trinajstić information content (AvgIpc) is 2.58. The van der Waals surface area contributed by atoms with Crippen molar-refractivity contribution in [3.8, 4) is 22.6 Å². The molecule has 2 nitrogen and oxygen atoms in total. The van der Waals surface area contributed by atoms with Crippen LogP contribution in [0.25, 0.3) is 32.7 Å². The van der Waals surface area contributed by atoms with E-state index in [9.17, 15) is 10.2 Å². The monoisotopic (exact) mass is 454 g/mol. The van der Waals surface area contributed by atoms with Gasteiger partial charge in [-0.15, -0.1) is 0 Å². The molecule has 0 aliphatic rings. The van der Waals surface area contributed by atoms with Crippen LogP contribution >= 0.6 is 31.9 Å². The molecule has 118 valence electrons. The molecule has 0 aromatic heterocycles. The standard InChI is InChI=1S/C20H12Br2O2.2Li/c21-15-9-11-5-1-3-7-13(11)17(19(15)23)18-14-8-4-2-6-12(14)10-16(22)20(18)24;;/h1-10,23-24H;;/q;2*+1/p-2. The van der Waals surface area contributed by atoms with E-state index in [1.807, 2.05) is 48.5 Å². The fourth-order valence-corrected chi connectivity index (χ4v) is 3.97. The Kier molecular flexibility index (Phi) is 6.97. The molecule has 0 atom stereocenters. The van der Waals surface area contributed by atoms with Gasteiger partial charge < -0.3 is 10.2 Å². The van der Waals surface area contributed by atoms with Crippen LogP contribution in [0.15, 0.2) is 69.6 Å². The smallest absolute Gasteiger partial charge is 0.871 e. The summed E-state index contributed by atoms with van der Waals surface area (Å²) in [5.74, 6) is -0.344. The first kappa shape index (κ1) is 21.5. The van der Waals surface area contributed by atoms with Crippen LogP contribution < -0.4 is 47.9 Å². The third-order valence-corrected chi connectivity index (χ3v) is 5.34. The Balaban J connectivity index is 0.00000121. The summed E-state index contributed by atoms with van der Waals surface area (Å²) in [4.78, 5) is 0. The van der Waals surface area contributed by atoms with E-state index in [-0.39, 0.29) is 49.2 Å². The second-order valence-corrected chi connectivity index (χ2v) is 7.28. The molecule has 26 heavy (non-hydrogen) atoms. The number of hydrogen-bond donors (Lipinski definition) is 0. The minimum absolute atomic E-state index is 0. The second-order valence-electron chi connectivity index (χ2n) is 5.57. The van der Waals surface area contributed by atoms with Gasteiger partial charge in [-0.1, -0.05) is 91.9 Å². The van der Waals surface area contributed by atoms with Crippen molar-refractivity contribution in [2.75, 3.05) is 0 Å². The zero-order chi connectivity index (χ0) is 16.8. The summed E-state index contributed by atoms with van der Waals surface area (Å²) in [6.07, 6.45) is 0. The maximum Gasteiger partial charge on any atom is 1.00 e. The molecule has 0 saturated heterocycles. The molecule has 0 amide bonds. The van der Waals surface area contributed by atoms with Crippen LogP contribution in [0.4, 0.5) is 0 Å². The largest absolute Gasteiger partial charge is 1.00 e. The van der Waals surface area contributed by atoms with E-state index in [2.05, 4.69) is 31.9 Å². The first-order valence-electron chi connectivity index (χ1n) is 7.35. The Morgan fingerprint density at radius 3 is 1.31 bits per heavy atom. The molecule has 0 fully saturated rings.